The predicted molar refractivity (Wildman–Crippen MR) is 100 cm³/mol. The Kier molecular flexibility index (Phi) is 4.77. The first-order valence-corrected chi connectivity index (χ1v) is 9.33. The van der Waals surface area contributed by atoms with Crippen molar-refractivity contribution < 1.29 is 4.39 Å². The molecule has 0 fully saturated rings. The van der Waals surface area contributed by atoms with Gasteiger partial charge in [-0.3, -0.25) is 0 Å². The Labute approximate surface area is 146 Å². The third kappa shape index (κ3) is 3.70. The van der Waals surface area contributed by atoms with Gasteiger partial charge in [-0.2, -0.15) is 0 Å². The molecule has 0 radical (unpaired) electrons. The lowest BCUT2D eigenvalue weighted by molar-refractivity contribution is 0.589. The van der Waals surface area contributed by atoms with Gasteiger partial charge in [0.15, 0.2) is 14.7 Å². The summed E-state index contributed by atoms with van der Waals surface area (Å²) in [7, 11) is -0.225. The van der Waals surface area contributed by atoms with Gasteiger partial charge in [-0.05, 0) is 59.5 Å². The molecule has 3 aromatic carbocycles. The van der Waals surface area contributed by atoms with Crippen molar-refractivity contribution in [3.63, 3.8) is 0 Å². The minimum absolute atomic E-state index is 0.139. The smallest absolute Gasteiger partial charge is 0.166 e. The number of halogens is 1. The summed E-state index contributed by atoms with van der Waals surface area (Å²) in [5.74, 6) is -0.196. The Morgan fingerprint density at radius 2 is 1.08 bits per heavy atom. The molecule has 0 saturated heterocycles. The van der Waals surface area contributed by atoms with Crippen LogP contribution in [0, 0.1) is 5.82 Å². The van der Waals surface area contributed by atoms with Gasteiger partial charge in [0.2, 0.25) is 0 Å². The van der Waals surface area contributed by atoms with E-state index < -0.39 is 0 Å². The van der Waals surface area contributed by atoms with Crippen LogP contribution in [0.2, 0.25) is 0 Å². The summed E-state index contributed by atoms with van der Waals surface area (Å²) in [6.45, 7) is 6.66. The monoisotopic (exact) mass is 337 g/mol. The predicted octanol–water partition coefficient (Wildman–Crippen LogP) is 6.22. The maximum Gasteiger partial charge on any atom is 0.166 e. The van der Waals surface area contributed by atoms with E-state index in [9.17, 15) is 4.39 Å². The largest absolute Gasteiger partial charge is 0.207 e. The van der Waals surface area contributed by atoms with Crippen LogP contribution in [0.25, 0.3) is 0 Å². The standard InChI is InChI=1S/C22H22FS/c1-22(2,3)17-9-13-20(14-10-17)24(19-7-5-4-6-8-19)21-15-11-18(23)12-16-21/h4-16H,1-3H3/q+1. The van der Waals surface area contributed by atoms with E-state index in [1.807, 2.05) is 18.2 Å². The molecule has 1 unspecified atom stereocenters. The minimum atomic E-state index is -0.225. The Morgan fingerprint density at radius 3 is 1.58 bits per heavy atom. The molecule has 2 heteroatoms. The average Bonchev–Trinajstić information content (AvgIpc) is 2.58. The van der Waals surface area contributed by atoms with Gasteiger partial charge in [0.1, 0.15) is 5.82 Å². The summed E-state index contributed by atoms with van der Waals surface area (Å²) < 4.78 is 13.3. The van der Waals surface area contributed by atoms with E-state index in [1.54, 1.807) is 12.1 Å². The van der Waals surface area contributed by atoms with Gasteiger partial charge >= 0.3 is 0 Å². The first-order valence-electron chi connectivity index (χ1n) is 8.10. The van der Waals surface area contributed by atoms with Crippen molar-refractivity contribution in [1.82, 2.24) is 0 Å². The number of rotatable bonds is 3. The molecule has 3 aromatic rings. The highest BCUT2D eigenvalue weighted by molar-refractivity contribution is 7.97. The summed E-state index contributed by atoms with van der Waals surface area (Å²) in [5, 5.41) is 0. The fraction of sp³-hybridized carbons (Fsp3) is 0.182. The number of hydrogen-bond acceptors (Lipinski definition) is 0. The molecule has 1 atom stereocenters. The van der Waals surface area contributed by atoms with Crippen molar-refractivity contribution in [1.29, 1.82) is 0 Å². The van der Waals surface area contributed by atoms with E-state index in [0.29, 0.717) is 0 Å². The Balaban J connectivity index is 2.06. The zero-order valence-corrected chi connectivity index (χ0v) is 15.1. The van der Waals surface area contributed by atoms with Crippen LogP contribution in [0.1, 0.15) is 26.3 Å². The first kappa shape index (κ1) is 16.8. The summed E-state index contributed by atoms with van der Waals surface area (Å²) >= 11 is 0. The van der Waals surface area contributed by atoms with Crippen LogP contribution in [-0.4, -0.2) is 0 Å². The zero-order valence-electron chi connectivity index (χ0n) is 14.3. The zero-order chi connectivity index (χ0) is 17.2. The van der Waals surface area contributed by atoms with E-state index in [-0.39, 0.29) is 22.1 Å². The second-order valence-corrected chi connectivity index (χ2v) is 8.87. The molecule has 0 heterocycles. The molecule has 0 amide bonds. The molecular formula is C22H22FS+. The summed E-state index contributed by atoms with van der Waals surface area (Å²) in [6, 6.07) is 26.1. The Morgan fingerprint density at radius 1 is 0.625 bits per heavy atom. The number of benzene rings is 3. The molecule has 122 valence electrons. The second kappa shape index (κ2) is 6.82. The number of hydrogen-bond donors (Lipinski definition) is 0. The van der Waals surface area contributed by atoms with Crippen molar-refractivity contribution in [3.8, 4) is 0 Å². The molecule has 0 N–H and O–H groups in total. The molecule has 0 nitrogen and oxygen atoms in total. The molecule has 3 rings (SSSR count). The van der Waals surface area contributed by atoms with Crippen LogP contribution in [0.5, 0.6) is 0 Å². The maximum absolute atomic E-state index is 13.3. The van der Waals surface area contributed by atoms with Crippen LogP contribution in [0.15, 0.2) is 93.5 Å². The van der Waals surface area contributed by atoms with Gasteiger partial charge < -0.3 is 0 Å². The fourth-order valence-corrected chi connectivity index (χ4v) is 4.69. The highest BCUT2D eigenvalue weighted by Crippen LogP contribution is 2.32. The first-order chi connectivity index (χ1) is 11.4. The topological polar surface area (TPSA) is 0 Å². The van der Waals surface area contributed by atoms with Crippen LogP contribution in [0.4, 0.5) is 4.39 Å². The van der Waals surface area contributed by atoms with Crippen molar-refractivity contribution in [2.45, 2.75) is 40.9 Å². The third-order valence-corrected chi connectivity index (χ3v) is 6.22. The molecule has 0 spiro atoms. The minimum Gasteiger partial charge on any atom is -0.207 e. The summed E-state index contributed by atoms with van der Waals surface area (Å²) in [5.41, 5.74) is 1.46. The quantitative estimate of drug-likeness (QED) is 0.498. The van der Waals surface area contributed by atoms with Crippen LogP contribution < -0.4 is 0 Å². The summed E-state index contributed by atoms with van der Waals surface area (Å²) in [4.78, 5) is 3.62. The highest BCUT2D eigenvalue weighted by Gasteiger charge is 2.28. The van der Waals surface area contributed by atoms with Gasteiger partial charge in [0, 0.05) is 0 Å². The summed E-state index contributed by atoms with van der Waals surface area (Å²) in [6.07, 6.45) is 0. The van der Waals surface area contributed by atoms with E-state index in [0.717, 1.165) is 4.90 Å². The molecule has 0 bridgehead atoms. The SMILES string of the molecule is CC(C)(C)c1ccc([S+](c2ccccc2)c2ccc(F)cc2)cc1. The lowest BCUT2D eigenvalue weighted by Gasteiger charge is -2.19. The van der Waals surface area contributed by atoms with Crippen molar-refractivity contribution in [2.24, 2.45) is 0 Å². The second-order valence-electron chi connectivity index (χ2n) is 6.85. The molecular weight excluding hydrogens is 315 g/mol. The lowest BCUT2D eigenvalue weighted by Crippen LogP contribution is -2.11. The average molecular weight is 337 g/mol. The van der Waals surface area contributed by atoms with E-state index >= 15 is 0 Å². The van der Waals surface area contributed by atoms with Crippen molar-refractivity contribution in [3.05, 3.63) is 90.2 Å². The van der Waals surface area contributed by atoms with E-state index in [4.69, 9.17) is 0 Å². The van der Waals surface area contributed by atoms with Crippen molar-refractivity contribution >= 4 is 10.9 Å². The third-order valence-electron chi connectivity index (χ3n) is 3.98. The van der Waals surface area contributed by atoms with Gasteiger partial charge in [0.25, 0.3) is 0 Å². The maximum atomic E-state index is 13.3. The molecule has 0 saturated carbocycles. The Hall–Kier alpha value is -2.06. The highest BCUT2D eigenvalue weighted by atomic mass is 32.2. The molecule has 0 aromatic heterocycles. The van der Waals surface area contributed by atoms with E-state index in [1.165, 1.54) is 15.4 Å². The molecule has 24 heavy (non-hydrogen) atoms. The van der Waals surface area contributed by atoms with Gasteiger partial charge in [-0.15, -0.1) is 0 Å². The van der Waals surface area contributed by atoms with Gasteiger partial charge in [0.05, 0.1) is 10.9 Å². The van der Waals surface area contributed by atoms with Crippen LogP contribution in [-0.2, 0) is 16.3 Å². The van der Waals surface area contributed by atoms with Crippen LogP contribution in [0.3, 0.4) is 0 Å². The van der Waals surface area contributed by atoms with Crippen molar-refractivity contribution in [2.75, 3.05) is 0 Å². The molecule has 0 aliphatic heterocycles. The van der Waals surface area contributed by atoms with Crippen LogP contribution >= 0.6 is 0 Å². The van der Waals surface area contributed by atoms with Gasteiger partial charge in [-0.25, -0.2) is 4.39 Å². The Bertz CT molecular complexity index is 784. The molecule has 0 aliphatic carbocycles. The van der Waals surface area contributed by atoms with E-state index in [2.05, 4.69) is 69.3 Å². The molecule has 0 aliphatic rings. The fourth-order valence-electron chi connectivity index (χ4n) is 2.63. The lowest BCUT2D eigenvalue weighted by atomic mass is 9.87. The van der Waals surface area contributed by atoms with Gasteiger partial charge in [-0.1, -0.05) is 51.1 Å². The normalized spacial score (nSPS) is 12.8.